The number of hydrogen-bond acceptors (Lipinski definition) is 3. The number of nitrogens with one attached hydrogen (secondary N) is 1. The number of benzene rings is 1. The fourth-order valence-electron chi connectivity index (χ4n) is 2.20. The van der Waals surface area contributed by atoms with Crippen LogP contribution in [0.3, 0.4) is 0 Å². The van der Waals surface area contributed by atoms with Crippen LogP contribution in [-0.2, 0) is 6.42 Å². The van der Waals surface area contributed by atoms with Crippen LogP contribution in [0.1, 0.15) is 23.0 Å². The SMILES string of the molecule is CNC(Cc1ccccc1OC)c1cccc(C)n1. The number of ether oxygens (including phenoxy) is 1. The molecule has 1 aromatic carbocycles. The zero-order valence-electron chi connectivity index (χ0n) is 11.7. The highest BCUT2D eigenvalue weighted by Gasteiger charge is 2.14. The van der Waals surface area contributed by atoms with Gasteiger partial charge in [0.05, 0.1) is 18.8 Å². The second-order valence-corrected chi connectivity index (χ2v) is 4.56. The summed E-state index contributed by atoms with van der Waals surface area (Å²) in [7, 11) is 3.67. The Morgan fingerprint density at radius 2 is 1.95 bits per heavy atom. The molecule has 1 atom stereocenters. The minimum atomic E-state index is 0.191. The lowest BCUT2D eigenvalue weighted by atomic mass is 10.0. The maximum atomic E-state index is 5.40. The second-order valence-electron chi connectivity index (χ2n) is 4.56. The van der Waals surface area contributed by atoms with Crippen molar-refractivity contribution in [3.05, 3.63) is 59.4 Å². The Morgan fingerprint density at radius 3 is 2.63 bits per heavy atom. The summed E-state index contributed by atoms with van der Waals surface area (Å²) in [6.45, 7) is 2.01. The largest absolute Gasteiger partial charge is 0.496 e. The van der Waals surface area contributed by atoms with Crippen LogP contribution < -0.4 is 10.1 Å². The van der Waals surface area contributed by atoms with E-state index >= 15 is 0 Å². The predicted molar refractivity (Wildman–Crippen MR) is 77.5 cm³/mol. The number of methoxy groups -OCH3 is 1. The van der Waals surface area contributed by atoms with Crippen LogP contribution in [0, 0.1) is 6.92 Å². The Hall–Kier alpha value is -1.87. The van der Waals surface area contributed by atoms with Gasteiger partial charge < -0.3 is 10.1 Å². The molecule has 0 saturated heterocycles. The Kier molecular flexibility index (Phi) is 4.53. The number of nitrogens with zero attached hydrogens (tertiary/aromatic N) is 1. The first-order chi connectivity index (χ1) is 9.24. The van der Waals surface area contributed by atoms with Gasteiger partial charge in [-0.25, -0.2) is 0 Å². The van der Waals surface area contributed by atoms with Crippen LogP contribution in [0.25, 0.3) is 0 Å². The molecule has 19 heavy (non-hydrogen) atoms. The van der Waals surface area contributed by atoms with Gasteiger partial charge in [-0.05, 0) is 44.2 Å². The van der Waals surface area contributed by atoms with Crippen LogP contribution in [0.4, 0.5) is 0 Å². The van der Waals surface area contributed by atoms with Crippen LogP contribution in [0.2, 0.25) is 0 Å². The van der Waals surface area contributed by atoms with Crippen molar-refractivity contribution in [2.45, 2.75) is 19.4 Å². The lowest BCUT2D eigenvalue weighted by molar-refractivity contribution is 0.406. The normalized spacial score (nSPS) is 12.2. The van der Waals surface area contributed by atoms with E-state index in [4.69, 9.17) is 4.74 Å². The zero-order chi connectivity index (χ0) is 13.7. The highest BCUT2D eigenvalue weighted by atomic mass is 16.5. The van der Waals surface area contributed by atoms with Gasteiger partial charge in [-0.2, -0.15) is 0 Å². The number of pyridine rings is 1. The van der Waals surface area contributed by atoms with E-state index in [9.17, 15) is 0 Å². The molecule has 2 rings (SSSR count). The molecule has 0 bridgehead atoms. The summed E-state index contributed by atoms with van der Waals surface area (Å²) in [5.41, 5.74) is 3.29. The topological polar surface area (TPSA) is 34.1 Å². The highest BCUT2D eigenvalue weighted by molar-refractivity contribution is 5.34. The van der Waals surface area contributed by atoms with Crippen molar-refractivity contribution in [3.8, 4) is 5.75 Å². The van der Waals surface area contributed by atoms with Crippen molar-refractivity contribution in [3.63, 3.8) is 0 Å². The predicted octanol–water partition coefficient (Wildman–Crippen LogP) is 2.90. The molecule has 0 aliphatic carbocycles. The average molecular weight is 256 g/mol. The molecule has 1 aromatic heterocycles. The van der Waals surface area contributed by atoms with Gasteiger partial charge in [-0.15, -0.1) is 0 Å². The molecule has 2 aromatic rings. The molecule has 0 amide bonds. The van der Waals surface area contributed by atoms with Crippen molar-refractivity contribution in [2.75, 3.05) is 14.2 Å². The summed E-state index contributed by atoms with van der Waals surface area (Å²) >= 11 is 0. The Morgan fingerprint density at radius 1 is 1.16 bits per heavy atom. The number of aromatic nitrogens is 1. The van der Waals surface area contributed by atoms with Gasteiger partial charge in [-0.3, -0.25) is 4.98 Å². The number of hydrogen-bond donors (Lipinski definition) is 1. The average Bonchev–Trinajstić information content (AvgIpc) is 2.45. The summed E-state index contributed by atoms with van der Waals surface area (Å²) in [5, 5.41) is 3.33. The van der Waals surface area contributed by atoms with E-state index < -0.39 is 0 Å². The fraction of sp³-hybridized carbons (Fsp3) is 0.312. The molecule has 0 fully saturated rings. The van der Waals surface area contributed by atoms with E-state index in [1.54, 1.807) is 7.11 Å². The lowest BCUT2D eigenvalue weighted by Gasteiger charge is -2.17. The van der Waals surface area contributed by atoms with E-state index in [-0.39, 0.29) is 6.04 Å². The molecule has 0 radical (unpaired) electrons. The molecular weight excluding hydrogens is 236 g/mol. The molecule has 1 heterocycles. The van der Waals surface area contributed by atoms with Gasteiger partial charge in [0.15, 0.2) is 0 Å². The van der Waals surface area contributed by atoms with E-state index in [0.29, 0.717) is 0 Å². The molecule has 100 valence electrons. The molecule has 3 nitrogen and oxygen atoms in total. The van der Waals surface area contributed by atoms with Gasteiger partial charge in [0, 0.05) is 5.69 Å². The van der Waals surface area contributed by atoms with Gasteiger partial charge >= 0.3 is 0 Å². The van der Waals surface area contributed by atoms with Gasteiger partial charge in [-0.1, -0.05) is 24.3 Å². The van der Waals surface area contributed by atoms with Crippen LogP contribution >= 0.6 is 0 Å². The zero-order valence-corrected chi connectivity index (χ0v) is 11.7. The van der Waals surface area contributed by atoms with Crippen molar-refractivity contribution in [1.29, 1.82) is 0 Å². The lowest BCUT2D eigenvalue weighted by Crippen LogP contribution is -2.20. The standard InChI is InChI=1S/C16H20N2O/c1-12-7-6-9-14(18-12)15(17-2)11-13-8-4-5-10-16(13)19-3/h4-10,15,17H,11H2,1-3H3. The monoisotopic (exact) mass is 256 g/mol. The fourth-order valence-corrected chi connectivity index (χ4v) is 2.20. The smallest absolute Gasteiger partial charge is 0.122 e. The molecule has 0 saturated carbocycles. The van der Waals surface area contributed by atoms with E-state index in [0.717, 1.165) is 23.6 Å². The summed E-state index contributed by atoms with van der Waals surface area (Å²) < 4.78 is 5.40. The van der Waals surface area contributed by atoms with Crippen molar-refractivity contribution in [2.24, 2.45) is 0 Å². The summed E-state index contributed by atoms with van der Waals surface area (Å²) in [4.78, 5) is 4.59. The first-order valence-electron chi connectivity index (χ1n) is 6.47. The maximum Gasteiger partial charge on any atom is 0.122 e. The molecule has 0 spiro atoms. The molecule has 1 N–H and O–H groups in total. The number of para-hydroxylation sites is 1. The van der Waals surface area contributed by atoms with E-state index in [2.05, 4.69) is 22.4 Å². The Balaban J connectivity index is 2.24. The minimum Gasteiger partial charge on any atom is -0.496 e. The summed E-state index contributed by atoms with van der Waals surface area (Å²) in [5.74, 6) is 0.926. The van der Waals surface area contributed by atoms with E-state index in [1.807, 2.05) is 44.3 Å². The first-order valence-corrected chi connectivity index (χ1v) is 6.47. The van der Waals surface area contributed by atoms with Gasteiger partial charge in [0.2, 0.25) is 0 Å². The number of rotatable bonds is 5. The van der Waals surface area contributed by atoms with E-state index in [1.165, 1.54) is 5.56 Å². The van der Waals surface area contributed by atoms with Crippen molar-refractivity contribution >= 4 is 0 Å². The summed E-state index contributed by atoms with van der Waals surface area (Å²) in [6, 6.07) is 14.4. The molecule has 0 aliphatic heterocycles. The van der Waals surface area contributed by atoms with Crippen LogP contribution in [0.15, 0.2) is 42.5 Å². The molecular formula is C16H20N2O. The van der Waals surface area contributed by atoms with Crippen molar-refractivity contribution in [1.82, 2.24) is 10.3 Å². The minimum absolute atomic E-state index is 0.191. The highest BCUT2D eigenvalue weighted by Crippen LogP contribution is 2.24. The number of aryl methyl sites for hydroxylation is 1. The number of likely N-dealkylation sites (N-methyl/N-ethyl adjacent to an activating group) is 1. The molecule has 3 heteroatoms. The second kappa shape index (κ2) is 6.34. The van der Waals surface area contributed by atoms with Gasteiger partial charge in [0.25, 0.3) is 0 Å². The Labute approximate surface area is 114 Å². The first kappa shape index (κ1) is 13.6. The maximum absolute atomic E-state index is 5.40. The van der Waals surface area contributed by atoms with Crippen molar-refractivity contribution < 1.29 is 4.74 Å². The van der Waals surface area contributed by atoms with Gasteiger partial charge in [0.1, 0.15) is 5.75 Å². The van der Waals surface area contributed by atoms with Crippen LogP contribution in [0.5, 0.6) is 5.75 Å². The third-order valence-electron chi connectivity index (χ3n) is 3.23. The third kappa shape index (κ3) is 3.32. The molecule has 1 unspecified atom stereocenters. The quantitative estimate of drug-likeness (QED) is 0.893. The third-order valence-corrected chi connectivity index (χ3v) is 3.23. The Bertz CT molecular complexity index is 540. The summed E-state index contributed by atoms with van der Waals surface area (Å²) in [6.07, 6.45) is 0.858. The molecule has 0 aliphatic rings. The van der Waals surface area contributed by atoms with Crippen LogP contribution in [-0.4, -0.2) is 19.1 Å².